The molecular weight excluding hydrogens is 687 g/mol. The Hall–Kier alpha value is -3.21. The molecule has 16 heteroatoms. The molecular formula is C29H23Cl4F2N8OP. The average Bonchev–Trinajstić information content (AvgIpc) is 3.92. The predicted octanol–water partition coefficient (Wildman–Crippen LogP) is 9.71. The van der Waals surface area contributed by atoms with E-state index in [4.69, 9.17) is 11.6 Å². The van der Waals surface area contributed by atoms with Gasteiger partial charge in [0.25, 0.3) is 0 Å². The Morgan fingerprint density at radius 2 is 1.20 bits per heavy atom. The highest BCUT2D eigenvalue weighted by molar-refractivity contribution is 8.24. The van der Waals surface area contributed by atoms with Gasteiger partial charge in [-0.3, -0.25) is 4.57 Å². The standard InChI is InChI=1S/C15H13FN4.C14H10ClFN4.Cl3OP/c1-9-12(7-17-8-18-9)15-19-13-5-2-10(16)6-14(13)20(15)11-3-4-11;15-13-10(6-17-7-18-13)14-19-11-4-1-8(16)5-12(11)20(14)9-2-3-9;1-5(2,3)4/h2,5-8,11H,3-4H2,1H3;1,4-7,9H,2-3H2;. The fourth-order valence-corrected chi connectivity index (χ4v) is 5.17. The van der Waals surface area contributed by atoms with Crippen molar-refractivity contribution in [2.24, 2.45) is 0 Å². The van der Waals surface area contributed by atoms with Crippen LogP contribution in [0.1, 0.15) is 43.5 Å². The van der Waals surface area contributed by atoms with Gasteiger partial charge >= 0.3 is 5.20 Å². The fourth-order valence-electron chi connectivity index (χ4n) is 4.99. The van der Waals surface area contributed by atoms with E-state index in [-0.39, 0.29) is 11.6 Å². The van der Waals surface area contributed by atoms with Crippen molar-refractivity contribution in [1.82, 2.24) is 39.0 Å². The third-order valence-corrected chi connectivity index (χ3v) is 7.49. The number of fused-ring (bicyclic) bond motifs is 2. The predicted molar refractivity (Wildman–Crippen MR) is 173 cm³/mol. The maximum absolute atomic E-state index is 13.5. The lowest BCUT2D eigenvalue weighted by atomic mass is 10.2. The molecule has 0 spiro atoms. The van der Waals surface area contributed by atoms with Crippen molar-refractivity contribution in [2.75, 3.05) is 0 Å². The van der Waals surface area contributed by atoms with E-state index in [0.717, 1.165) is 64.8 Å². The number of rotatable bonds is 4. The molecule has 8 rings (SSSR count). The minimum Gasteiger partial charge on any atom is -0.321 e. The fraction of sp³-hybridized carbons (Fsp3) is 0.241. The summed E-state index contributed by atoms with van der Waals surface area (Å²) in [5.41, 5.74) is 5.70. The van der Waals surface area contributed by atoms with E-state index < -0.39 is 5.20 Å². The van der Waals surface area contributed by atoms with E-state index in [0.29, 0.717) is 28.6 Å². The quantitative estimate of drug-likeness (QED) is 0.133. The summed E-state index contributed by atoms with van der Waals surface area (Å²) in [5.74, 6) is 1.05. The van der Waals surface area contributed by atoms with Gasteiger partial charge in [0.2, 0.25) is 0 Å². The maximum Gasteiger partial charge on any atom is 0.339 e. The van der Waals surface area contributed by atoms with Crippen LogP contribution in [0.2, 0.25) is 5.15 Å². The smallest absolute Gasteiger partial charge is 0.321 e. The molecule has 0 N–H and O–H groups in total. The summed E-state index contributed by atoms with van der Waals surface area (Å²) in [7, 11) is 0. The van der Waals surface area contributed by atoms with E-state index in [2.05, 4.69) is 68.2 Å². The first-order valence-corrected chi connectivity index (χ1v) is 18.5. The van der Waals surface area contributed by atoms with Crippen molar-refractivity contribution < 1.29 is 13.3 Å². The van der Waals surface area contributed by atoms with Crippen LogP contribution in [0.3, 0.4) is 0 Å². The lowest BCUT2D eigenvalue weighted by Crippen LogP contribution is -2.00. The topological polar surface area (TPSA) is 104 Å². The van der Waals surface area contributed by atoms with Gasteiger partial charge in [-0.05, 0) is 103 Å². The molecule has 6 aromatic rings. The summed E-state index contributed by atoms with van der Waals surface area (Å²) in [6.45, 7) is 1.94. The summed E-state index contributed by atoms with van der Waals surface area (Å²) < 4.78 is 40.7. The van der Waals surface area contributed by atoms with Crippen LogP contribution < -0.4 is 0 Å². The van der Waals surface area contributed by atoms with Crippen molar-refractivity contribution in [3.05, 3.63) is 83.9 Å². The van der Waals surface area contributed by atoms with E-state index in [1.165, 1.54) is 30.9 Å². The third kappa shape index (κ3) is 7.45. The largest absolute Gasteiger partial charge is 0.339 e. The van der Waals surface area contributed by atoms with Crippen molar-refractivity contribution in [3.63, 3.8) is 0 Å². The molecule has 0 amide bonds. The molecule has 2 aliphatic carbocycles. The molecule has 2 fully saturated rings. The maximum atomic E-state index is 13.5. The molecule has 232 valence electrons. The molecule has 0 bridgehead atoms. The van der Waals surface area contributed by atoms with E-state index >= 15 is 0 Å². The summed E-state index contributed by atoms with van der Waals surface area (Å²) >= 11 is 20.0. The van der Waals surface area contributed by atoms with Crippen LogP contribution in [0.4, 0.5) is 8.78 Å². The first kappa shape index (κ1) is 31.8. The second-order valence-electron chi connectivity index (χ2n) is 10.5. The normalized spacial score (nSPS) is 14.6. The Morgan fingerprint density at radius 3 is 1.64 bits per heavy atom. The highest BCUT2D eigenvalue weighted by Crippen LogP contribution is 2.61. The zero-order valence-electron chi connectivity index (χ0n) is 23.5. The highest BCUT2D eigenvalue weighted by atomic mass is 36.0. The number of imidazole rings is 2. The number of hydrogen-bond acceptors (Lipinski definition) is 7. The monoisotopic (exact) mass is 708 g/mol. The number of halogens is 6. The zero-order chi connectivity index (χ0) is 31.9. The van der Waals surface area contributed by atoms with Gasteiger partial charge in [-0.15, -0.1) is 0 Å². The summed E-state index contributed by atoms with van der Waals surface area (Å²) in [5, 5.41) is -2.86. The minimum atomic E-state index is -3.22. The Labute approximate surface area is 275 Å². The number of hydrogen-bond donors (Lipinski definition) is 0. The Bertz CT molecular complexity index is 1930. The second kappa shape index (κ2) is 12.9. The van der Waals surface area contributed by atoms with Crippen LogP contribution in [-0.2, 0) is 4.57 Å². The van der Waals surface area contributed by atoms with Gasteiger partial charge in [-0.2, -0.15) is 0 Å². The van der Waals surface area contributed by atoms with Gasteiger partial charge in [0, 0.05) is 24.5 Å². The Kier molecular flexibility index (Phi) is 9.10. The highest BCUT2D eigenvalue weighted by Gasteiger charge is 2.30. The van der Waals surface area contributed by atoms with Crippen LogP contribution in [0.15, 0.2) is 61.4 Å². The number of benzene rings is 2. The summed E-state index contributed by atoms with van der Waals surface area (Å²) in [4.78, 5) is 25.6. The van der Waals surface area contributed by atoms with Crippen LogP contribution >= 0.6 is 50.5 Å². The molecule has 0 unspecified atom stereocenters. The van der Waals surface area contributed by atoms with Gasteiger partial charge in [0.15, 0.2) is 0 Å². The second-order valence-corrected chi connectivity index (χ2v) is 17.5. The molecule has 4 heterocycles. The van der Waals surface area contributed by atoms with Crippen molar-refractivity contribution >= 4 is 72.6 Å². The third-order valence-electron chi connectivity index (χ3n) is 7.18. The van der Waals surface area contributed by atoms with Crippen LogP contribution in [-0.4, -0.2) is 39.0 Å². The average molecular weight is 710 g/mol. The SMILES string of the molecule is Cc1ncncc1-c1nc2ccc(F)cc2n1C1CC1.Fc1ccc2nc(-c3cncnc3Cl)n(C3CC3)c2c1.O=P(Cl)(Cl)Cl. The van der Waals surface area contributed by atoms with Crippen molar-refractivity contribution in [3.8, 4) is 22.8 Å². The molecule has 0 atom stereocenters. The minimum absolute atomic E-state index is 0.230. The van der Waals surface area contributed by atoms with Gasteiger partial charge < -0.3 is 9.13 Å². The van der Waals surface area contributed by atoms with Crippen molar-refractivity contribution in [2.45, 2.75) is 44.7 Å². The molecule has 9 nitrogen and oxygen atoms in total. The van der Waals surface area contributed by atoms with Crippen LogP contribution in [0, 0.1) is 18.6 Å². The molecule has 0 aliphatic heterocycles. The first-order chi connectivity index (χ1) is 21.5. The number of aryl methyl sites for hydroxylation is 1. The molecule has 2 aliphatic rings. The van der Waals surface area contributed by atoms with E-state index in [1.54, 1.807) is 30.6 Å². The van der Waals surface area contributed by atoms with Crippen LogP contribution in [0.5, 0.6) is 0 Å². The summed E-state index contributed by atoms with van der Waals surface area (Å²) in [6, 6.07) is 10.1. The zero-order valence-corrected chi connectivity index (χ0v) is 27.4. The lowest BCUT2D eigenvalue weighted by Gasteiger charge is -2.08. The van der Waals surface area contributed by atoms with Gasteiger partial charge in [0.05, 0.1) is 38.9 Å². The first-order valence-electron chi connectivity index (χ1n) is 13.7. The molecule has 4 aromatic heterocycles. The van der Waals surface area contributed by atoms with Gasteiger partial charge in [-0.25, -0.2) is 38.7 Å². The molecule has 2 aromatic carbocycles. The number of nitrogens with zero attached hydrogens (tertiary/aromatic N) is 8. The van der Waals surface area contributed by atoms with Gasteiger partial charge in [0.1, 0.15) is 41.1 Å². The number of aromatic nitrogens is 8. The summed E-state index contributed by atoms with van der Waals surface area (Å²) in [6.07, 6.45) is 10.7. The van der Waals surface area contributed by atoms with Crippen molar-refractivity contribution in [1.29, 1.82) is 0 Å². The van der Waals surface area contributed by atoms with E-state index in [9.17, 15) is 13.3 Å². The van der Waals surface area contributed by atoms with Gasteiger partial charge in [-0.1, -0.05) is 11.6 Å². The molecule has 0 radical (unpaired) electrons. The molecule has 45 heavy (non-hydrogen) atoms. The Balaban J connectivity index is 0.000000139. The Morgan fingerprint density at radius 1 is 0.756 bits per heavy atom. The van der Waals surface area contributed by atoms with E-state index in [1.807, 2.05) is 11.5 Å². The molecule has 0 saturated heterocycles. The molecule has 2 saturated carbocycles. The lowest BCUT2D eigenvalue weighted by molar-refractivity contribution is 0.600. The van der Waals surface area contributed by atoms with Crippen LogP contribution in [0.25, 0.3) is 44.8 Å².